The van der Waals surface area contributed by atoms with Gasteiger partial charge in [-0.05, 0) is 12.5 Å². The van der Waals surface area contributed by atoms with Gasteiger partial charge in [0.05, 0.1) is 17.4 Å². The molecule has 132 valence electrons. The first kappa shape index (κ1) is 17.2. The number of aryl methyl sites for hydroxylation is 2. The standard InChI is InChI=1S/C18H22N4O3/c1-13-16(11-21(2)20-13)18(24)19-8-15-10-22(17(23)12-25-15)9-14-6-4-3-5-7-14/h3-7,11,15H,8-10,12H2,1-2H3,(H,19,24). The Morgan fingerprint density at radius 1 is 1.36 bits per heavy atom. The van der Waals surface area contributed by atoms with Crippen LogP contribution in [0.1, 0.15) is 21.6 Å². The van der Waals surface area contributed by atoms with E-state index in [0.717, 1.165) is 5.56 Å². The van der Waals surface area contributed by atoms with Crippen molar-refractivity contribution >= 4 is 11.8 Å². The van der Waals surface area contributed by atoms with Crippen LogP contribution in [0.15, 0.2) is 36.5 Å². The van der Waals surface area contributed by atoms with Crippen LogP contribution in [-0.4, -0.2) is 52.3 Å². The Morgan fingerprint density at radius 3 is 2.80 bits per heavy atom. The number of nitrogens with zero attached hydrogens (tertiary/aromatic N) is 3. The van der Waals surface area contributed by atoms with Gasteiger partial charge in [0.25, 0.3) is 5.91 Å². The Kier molecular flexibility index (Phi) is 5.14. The molecule has 1 fully saturated rings. The fourth-order valence-corrected chi connectivity index (χ4v) is 2.89. The van der Waals surface area contributed by atoms with E-state index in [4.69, 9.17) is 4.74 Å². The first-order valence-electron chi connectivity index (χ1n) is 8.24. The molecule has 3 rings (SSSR count). The summed E-state index contributed by atoms with van der Waals surface area (Å²) in [5.41, 5.74) is 2.31. The van der Waals surface area contributed by atoms with Gasteiger partial charge in [-0.25, -0.2) is 0 Å². The predicted molar refractivity (Wildman–Crippen MR) is 91.9 cm³/mol. The van der Waals surface area contributed by atoms with Crippen molar-refractivity contribution in [3.05, 3.63) is 53.3 Å². The molecule has 1 aromatic carbocycles. The van der Waals surface area contributed by atoms with Crippen LogP contribution in [0.3, 0.4) is 0 Å². The number of benzene rings is 1. The SMILES string of the molecule is Cc1nn(C)cc1C(=O)NCC1CN(Cc2ccccc2)C(=O)CO1. The molecule has 0 aliphatic carbocycles. The third-order valence-electron chi connectivity index (χ3n) is 4.18. The third-order valence-corrected chi connectivity index (χ3v) is 4.18. The number of rotatable bonds is 5. The molecule has 0 radical (unpaired) electrons. The van der Waals surface area contributed by atoms with Crippen molar-refractivity contribution in [2.45, 2.75) is 19.6 Å². The van der Waals surface area contributed by atoms with Crippen LogP contribution >= 0.6 is 0 Å². The fraction of sp³-hybridized carbons (Fsp3) is 0.389. The number of morpholine rings is 1. The number of carbonyl (C=O) groups is 2. The molecule has 1 aliphatic rings. The van der Waals surface area contributed by atoms with Crippen LogP contribution in [0.4, 0.5) is 0 Å². The van der Waals surface area contributed by atoms with E-state index in [9.17, 15) is 9.59 Å². The van der Waals surface area contributed by atoms with E-state index < -0.39 is 0 Å². The summed E-state index contributed by atoms with van der Waals surface area (Å²) in [6.07, 6.45) is 1.47. The van der Waals surface area contributed by atoms with Gasteiger partial charge in [-0.1, -0.05) is 30.3 Å². The van der Waals surface area contributed by atoms with Crippen LogP contribution in [0.5, 0.6) is 0 Å². The van der Waals surface area contributed by atoms with Crippen LogP contribution in [-0.2, 0) is 23.1 Å². The van der Waals surface area contributed by atoms with Crippen LogP contribution in [0, 0.1) is 6.92 Å². The van der Waals surface area contributed by atoms with Gasteiger partial charge in [0.2, 0.25) is 5.91 Å². The maximum atomic E-state index is 12.3. The summed E-state index contributed by atoms with van der Waals surface area (Å²) in [6.45, 7) is 3.20. The van der Waals surface area contributed by atoms with Crippen molar-refractivity contribution < 1.29 is 14.3 Å². The second kappa shape index (κ2) is 7.48. The maximum absolute atomic E-state index is 12.3. The molecular formula is C18H22N4O3. The van der Waals surface area contributed by atoms with Crippen molar-refractivity contribution in [3.8, 4) is 0 Å². The molecule has 1 aliphatic heterocycles. The van der Waals surface area contributed by atoms with Gasteiger partial charge in [0, 0.05) is 32.9 Å². The molecule has 7 heteroatoms. The second-order valence-corrected chi connectivity index (χ2v) is 6.20. The average Bonchev–Trinajstić information content (AvgIpc) is 2.94. The van der Waals surface area contributed by atoms with Crippen LogP contribution in [0.25, 0.3) is 0 Å². The van der Waals surface area contributed by atoms with Crippen LogP contribution < -0.4 is 5.32 Å². The quantitative estimate of drug-likeness (QED) is 0.875. The van der Waals surface area contributed by atoms with E-state index in [0.29, 0.717) is 30.9 Å². The molecule has 25 heavy (non-hydrogen) atoms. The van der Waals surface area contributed by atoms with E-state index in [1.54, 1.807) is 29.7 Å². The van der Waals surface area contributed by atoms with Gasteiger partial charge < -0.3 is 15.0 Å². The summed E-state index contributed by atoms with van der Waals surface area (Å²) >= 11 is 0. The number of nitrogens with one attached hydrogen (secondary N) is 1. The Labute approximate surface area is 146 Å². The molecule has 0 bridgehead atoms. The van der Waals surface area contributed by atoms with Gasteiger partial charge in [-0.15, -0.1) is 0 Å². The van der Waals surface area contributed by atoms with Crippen molar-refractivity contribution in [1.82, 2.24) is 20.0 Å². The number of ether oxygens (including phenoxy) is 1. The highest BCUT2D eigenvalue weighted by molar-refractivity contribution is 5.95. The van der Waals surface area contributed by atoms with E-state index in [2.05, 4.69) is 10.4 Å². The molecule has 0 saturated carbocycles. The molecule has 2 aromatic rings. The minimum Gasteiger partial charge on any atom is -0.365 e. The Hall–Kier alpha value is -2.67. The van der Waals surface area contributed by atoms with E-state index in [-0.39, 0.29) is 24.5 Å². The van der Waals surface area contributed by atoms with E-state index in [1.165, 1.54) is 0 Å². The number of amides is 2. The highest BCUT2D eigenvalue weighted by Crippen LogP contribution is 2.12. The lowest BCUT2D eigenvalue weighted by atomic mass is 10.2. The molecule has 1 unspecified atom stereocenters. The minimum absolute atomic E-state index is 0.0328. The molecule has 7 nitrogen and oxygen atoms in total. The highest BCUT2D eigenvalue weighted by atomic mass is 16.5. The summed E-state index contributed by atoms with van der Waals surface area (Å²) in [5.74, 6) is -0.213. The zero-order valence-electron chi connectivity index (χ0n) is 14.4. The first-order chi connectivity index (χ1) is 12.0. The summed E-state index contributed by atoms with van der Waals surface area (Å²) in [6, 6.07) is 9.83. The highest BCUT2D eigenvalue weighted by Gasteiger charge is 2.27. The number of carbonyl (C=O) groups excluding carboxylic acids is 2. The molecule has 1 N–H and O–H groups in total. The largest absolute Gasteiger partial charge is 0.365 e. The molecule has 1 aromatic heterocycles. The zero-order valence-corrected chi connectivity index (χ0v) is 14.4. The van der Waals surface area contributed by atoms with Crippen molar-refractivity contribution in [2.24, 2.45) is 7.05 Å². The van der Waals surface area contributed by atoms with E-state index in [1.807, 2.05) is 30.3 Å². The topological polar surface area (TPSA) is 76.5 Å². The molecule has 1 saturated heterocycles. The van der Waals surface area contributed by atoms with E-state index >= 15 is 0 Å². The molecule has 2 amide bonds. The predicted octanol–water partition coefficient (Wildman–Crippen LogP) is 0.886. The van der Waals surface area contributed by atoms with Crippen molar-refractivity contribution in [1.29, 1.82) is 0 Å². The number of hydrogen-bond acceptors (Lipinski definition) is 4. The summed E-state index contributed by atoms with van der Waals surface area (Å²) in [4.78, 5) is 26.1. The van der Waals surface area contributed by atoms with Gasteiger partial charge in [0.1, 0.15) is 6.61 Å². The summed E-state index contributed by atoms with van der Waals surface area (Å²) in [7, 11) is 1.78. The lowest BCUT2D eigenvalue weighted by Crippen LogP contribution is -2.50. The van der Waals surface area contributed by atoms with Gasteiger partial charge in [0.15, 0.2) is 0 Å². The number of aromatic nitrogens is 2. The Bertz CT molecular complexity index is 757. The van der Waals surface area contributed by atoms with Gasteiger partial charge in [-0.3, -0.25) is 14.3 Å². The van der Waals surface area contributed by atoms with Crippen LogP contribution in [0.2, 0.25) is 0 Å². The van der Waals surface area contributed by atoms with Gasteiger partial charge in [-0.2, -0.15) is 5.10 Å². The Balaban J connectivity index is 1.55. The third kappa shape index (κ3) is 4.24. The monoisotopic (exact) mass is 342 g/mol. The molecular weight excluding hydrogens is 320 g/mol. The molecule has 2 heterocycles. The number of hydrogen-bond donors (Lipinski definition) is 1. The Morgan fingerprint density at radius 2 is 2.12 bits per heavy atom. The summed E-state index contributed by atoms with van der Waals surface area (Å²) in [5, 5.41) is 7.03. The van der Waals surface area contributed by atoms with Gasteiger partial charge >= 0.3 is 0 Å². The average molecular weight is 342 g/mol. The lowest BCUT2D eigenvalue weighted by Gasteiger charge is -2.33. The zero-order chi connectivity index (χ0) is 17.8. The molecule has 1 atom stereocenters. The maximum Gasteiger partial charge on any atom is 0.254 e. The van der Waals surface area contributed by atoms with Crippen molar-refractivity contribution in [3.63, 3.8) is 0 Å². The second-order valence-electron chi connectivity index (χ2n) is 6.20. The normalized spacial score (nSPS) is 17.6. The van der Waals surface area contributed by atoms with Crippen molar-refractivity contribution in [2.75, 3.05) is 19.7 Å². The summed E-state index contributed by atoms with van der Waals surface area (Å²) < 4.78 is 7.17. The first-order valence-corrected chi connectivity index (χ1v) is 8.24. The lowest BCUT2D eigenvalue weighted by molar-refractivity contribution is -0.149. The minimum atomic E-state index is -0.220. The fourth-order valence-electron chi connectivity index (χ4n) is 2.89. The smallest absolute Gasteiger partial charge is 0.254 e. The molecule has 0 spiro atoms.